The molecule has 1 aromatic heterocycles. The molecule has 0 spiro atoms. The molecule has 0 fully saturated rings. The number of nitrogens with zero attached hydrogens (tertiary/aromatic N) is 2. The summed E-state index contributed by atoms with van der Waals surface area (Å²) in [6.45, 7) is 0. The van der Waals surface area contributed by atoms with Gasteiger partial charge in [0.15, 0.2) is 0 Å². The number of halogens is 3. The Bertz CT molecular complexity index is 598. The number of pyridine rings is 1. The van der Waals surface area contributed by atoms with E-state index in [9.17, 15) is 13.2 Å². The van der Waals surface area contributed by atoms with Gasteiger partial charge in [-0.15, -0.1) is 0 Å². The molecule has 0 unspecified atom stereocenters. The standard InChI is InChI=1S/C13H7F3N2/c14-13(15,16)11-1-2-12(10(7-11)8-17)9-3-5-18-6-4-9/h1-7H. The highest BCUT2D eigenvalue weighted by atomic mass is 19.4. The zero-order chi connectivity index (χ0) is 13.2. The van der Waals surface area contributed by atoms with E-state index in [1.807, 2.05) is 0 Å². The number of hydrogen-bond acceptors (Lipinski definition) is 2. The van der Waals surface area contributed by atoms with Crippen LogP contribution in [-0.4, -0.2) is 4.98 Å². The van der Waals surface area contributed by atoms with E-state index in [0.29, 0.717) is 11.1 Å². The van der Waals surface area contributed by atoms with E-state index in [-0.39, 0.29) is 5.56 Å². The molecule has 2 nitrogen and oxygen atoms in total. The highest BCUT2D eigenvalue weighted by Gasteiger charge is 2.31. The summed E-state index contributed by atoms with van der Waals surface area (Å²) in [7, 11) is 0. The molecule has 0 atom stereocenters. The van der Waals surface area contributed by atoms with Crippen molar-refractivity contribution in [3.8, 4) is 17.2 Å². The van der Waals surface area contributed by atoms with E-state index in [0.717, 1.165) is 12.1 Å². The Balaban J connectivity index is 2.56. The summed E-state index contributed by atoms with van der Waals surface area (Å²) in [5, 5.41) is 8.94. The van der Waals surface area contributed by atoms with Crippen molar-refractivity contribution in [2.75, 3.05) is 0 Å². The maximum Gasteiger partial charge on any atom is 0.416 e. The average molecular weight is 248 g/mol. The molecule has 5 heteroatoms. The van der Waals surface area contributed by atoms with Crippen molar-refractivity contribution in [1.82, 2.24) is 4.98 Å². The number of alkyl halides is 3. The molecule has 0 saturated carbocycles. The molecule has 0 aliphatic carbocycles. The molecule has 1 aromatic carbocycles. The number of benzene rings is 1. The average Bonchev–Trinajstić information content (AvgIpc) is 2.38. The van der Waals surface area contributed by atoms with Crippen molar-refractivity contribution in [2.45, 2.75) is 6.18 Å². The van der Waals surface area contributed by atoms with Crippen molar-refractivity contribution in [2.24, 2.45) is 0 Å². The minimum Gasteiger partial charge on any atom is -0.265 e. The van der Waals surface area contributed by atoms with Gasteiger partial charge in [0.05, 0.1) is 17.2 Å². The van der Waals surface area contributed by atoms with Gasteiger partial charge in [-0.05, 0) is 35.4 Å². The Morgan fingerprint density at radius 2 is 1.72 bits per heavy atom. The van der Waals surface area contributed by atoms with Gasteiger partial charge in [-0.3, -0.25) is 4.98 Å². The van der Waals surface area contributed by atoms with Crippen molar-refractivity contribution in [1.29, 1.82) is 5.26 Å². The maximum atomic E-state index is 12.5. The molecule has 0 N–H and O–H groups in total. The van der Waals surface area contributed by atoms with Crippen LogP contribution in [0.1, 0.15) is 11.1 Å². The molecule has 1 heterocycles. The molecule has 90 valence electrons. The Morgan fingerprint density at radius 1 is 1.06 bits per heavy atom. The lowest BCUT2D eigenvalue weighted by Crippen LogP contribution is -2.05. The monoisotopic (exact) mass is 248 g/mol. The van der Waals surface area contributed by atoms with Crippen molar-refractivity contribution < 1.29 is 13.2 Å². The summed E-state index contributed by atoms with van der Waals surface area (Å²) in [5.74, 6) is 0. The summed E-state index contributed by atoms with van der Waals surface area (Å²) >= 11 is 0. The highest BCUT2D eigenvalue weighted by molar-refractivity contribution is 5.70. The van der Waals surface area contributed by atoms with E-state index >= 15 is 0 Å². The molecular formula is C13H7F3N2. The smallest absolute Gasteiger partial charge is 0.265 e. The van der Waals surface area contributed by atoms with Gasteiger partial charge in [0, 0.05) is 12.4 Å². The first kappa shape index (κ1) is 12.1. The number of rotatable bonds is 1. The third-order valence-electron chi connectivity index (χ3n) is 2.46. The fraction of sp³-hybridized carbons (Fsp3) is 0.0769. The van der Waals surface area contributed by atoms with Crippen LogP contribution in [-0.2, 0) is 6.18 Å². The van der Waals surface area contributed by atoms with E-state index in [1.165, 1.54) is 18.5 Å². The highest BCUT2D eigenvalue weighted by Crippen LogP contribution is 2.32. The Kier molecular flexibility index (Phi) is 3.02. The third kappa shape index (κ3) is 2.33. The fourth-order valence-corrected chi connectivity index (χ4v) is 1.60. The second kappa shape index (κ2) is 4.49. The first-order valence-corrected chi connectivity index (χ1v) is 5.04. The minimum absolute atomic E-state index is 0.00368. The summed E-state index contributed by atoms with van der Waals surface area (Å²) in [6, 6.07) is 8.20. The van der Waals surface area contributed by atoms with Gasteiger partial charge < -0.3 is 0 Å². The van der Waals surface area contributed by atoms with E-state index in [4.69, 9.17) is 5.26 Å². The number of aromatic nitrogens is 1. The lowest BCUT2D eigenvalue weighted by molar-refractivity contribution is -0.137. The summed E-state index contributed by atoms with van der Waals surface area (Å²) in [5.41, 5.74) is 0.302. The molecule has 2 aromatic rings. The largest absolute Gasteiger partial charge is 0.416 e. The van der Waals surface area contributed by atoms with Crippen LogP contribution < -0.4 is 0 Å². The van der Waals surface area contributed by atoms with Gasteiger partial charge in [0.25, 0.3) is 0 Å². The zero-order valence-electron chi connectivity index (χ0n) is 9.07. The zero-order valence-corrected chi connectivity index (χ0v) is 9.07. The Labute approximate surface area is 101 Å². The minimum atomic E-state index is -4.44. The summed E-state index contributed by atoms with van der Waals surface area (Å²) in [4.78, 5) is 3.82. The number of nitriles is 1. The van der Waals surface area contributed by atoms with Gasteiger partial charge >= 0.3 is 6.18 Å². The molecule has 0 aliphatic heterocycles. The predicted octanol–water partition coefficient (Wildman–Crippen LogP) is 3.64. The van der Waals surface area contributed by atoms with E-state index < -0.39 is 11.7 Å². The molecule has 2 rings (SSSR count). The topological polar surface area (TPSA) is 36.7 Å². The Hall–Kier alpha value is -2.35. The first-order valence-electron chi connectivity index (χ1n) is 5.04. The van der Waals surface area contributed by atoms with Crippen LogP contribution in [0.5, 0.6) is 0 Å². The molecule has 0 aliphatic rings. The molecular weight excluding hydrogens is 241 g/mol. The molecule has 0 radical (unpaired) electrons. The van der Waals surface area contributed by atoms with Crippen LogP contribution in [0, 0.1) is 11.3 Å². The molecule has 0 saturated heterocycles. The van der Waals surface area contributed by atoms with Gasteiger partial charge in [-0.2, -0.15) is 18.4 Å². The second-order valence-electron chi connectivity index (χ2n) is 3.61. The second-order valence-corrected chi connectivity index (χ2v) is 3.61. The van der Waals surface area contributed by atoms with Crippen LogP contribution >= 0.6 is 0 Å². The molecule has 0 amide bonds. The van der Waals surface area contributed by atoms with Crippen LogP contribution in [0.4, 0.5) is 13.2 Å². The third-order valence-corrected chi connectivity index (χ3v) is 2.46. The van der Waals surface area contributed by atoms with Gasteiger partial charge in [-0.25, -0.2) is 0 Å². The maximum absolute atomic E-state index is 12.5. The van der Waals surface area contributed by atoms with Crippen LogP contribution in [0.3, 0.4) is 0 Å². The van der Waals surface area contributed by atoms with Gasteiger partial charge in [0.2, 0.25) is 0 Å². The predicted molar refractivity (Wildman–Crippen MR) is 59.4 cm³/mol. The molecule has 0 bridgehead atoms. The van der Waals surface area contributed by atoms with Crippen LogP contribution in [0.25, 0.3) is 11.1 Å². The Morgan fingerprint density at radius 3 is 2.28 bits per heavy atom. The van der Waals surface area contributed by atoms with Gasteiger partial charge in [-0.1, -0.05) is 6.07 Å². The lowest BCUT2D eigenvalue weighted by atomic mass is 9.99. The van der Waals surface area contributed by atoms with E-state index in [2.05, 4.69) is 4.98 Å². The number of hydrogen-bond donors (Lipinski definition) is 0. The van der Waals surface area contributed by atoms with Gasteiger partial charge in [0.1, 0.15) is 0 Å². The quantitative estimate of drug-likeness (QED) is 0.772. The van der Waals surface area contributed by atoms with Crippen molar-refractivity contribution >= 4 is 0 Å². The van der Waals surface area contributed by atoms with Crippen LogP contribution in [0.2, 0.25) is 0 Å². The van der Waals surface area contributed by atoms with E-state index in [1.54, 1.807) is 18.2 Å². The lowest BCUT2D eigenvalue weighted by Gasteiger charge is -2.09. The normalized spacial score (nSPS) is 11.0. The summed E-state index contributed by atoms with van der Waals surface area (Å²) in [6.07, 6.45) is -1.40. The van der Waals surface area contributed by atoms with Crippen molar-refractivity contribution in [3.63, 3.8) is 0 Å². The van der Waals surface area contributed by atoms with Crippen LogP contribution in [0.15, 0.2) is 42.7 Å². The summed E-state index contributed by atoms with van der Waals surface area (Å²) < 4.78 is 37.6. The first-order chi connectivity index (χ1) is 8.52. The van der Waals surface area contributed by atoms with Crippen molar-refractivity contribution in [3.05, 3.63) is 53.9 Å². The SMILES string of the molecule is N#Cc1cc(C(F)(F)F)ccc1-c1ccncc1. The fourth-order valence-electron chi connectivity index (χ4n) is 1.60. The molecule has 18 heavy (non-hydrogen) atoms.